The highest BCUT2D eigenvalue weighted by atomic mass is 16.5. The smallest absolute Gasteiger partial charge is 0.171 e. The van der Waals surface area contributed by atoms with Gasteiger partial charge in [0.05, 0.1) is 5.69 Å². The molecule has 0 saturated heterocycles. The molecule has 4 heteroatoms. The van der Waals surface area contributed by atoms with Gasteiger partial charge in [0.15, 0.2) is 5.75 Å². The Labute approximate surface area is 127 Å². The van der Waals surface area contributed by atoms with Crippen molar-refractivity contribution in [1.82, 2.24) is 15.1 Å². The molecule has 0 atom stereocenters. The van der Waals surface area contributed by atoms with Gasteiger partial charge in [-0.1, -0.05) is 12.1 Å². The van der Waals surface area contributed by atoms with Crippen molar-refractivity contribution in [2.24, 2.45) is 7.05 Å². The number of hydrogen-bond acceptors (Lipinski definition) is 3. The highest BCUT2D eigenvalue weighted by Gasteiger charge is 2.12. The number of aryl methyl sites for hydroxylation is 2. The van der Waals surface area contributed by atoms with Crippen LogP contribution in [0.1, 0.15) is 37.7 Å². The lowest BCUT2D eigenvalue weighted by Gasteiger charge is -2.20. The van der Waals surface area contributed by atoms with Crippen LogP contribution in [-0.4, -0.2) is 15.3 Å². The Hall–Kier alpha value is -1.81. The van der Waals surface area contributed by atoms with Gasteiger partial charge in [0.2, 0.25) is 0 Å². The van der Waals surface area contributed by atoms with E-state index in [0.717, 1.165) is 29.4 Å². The lowest BCUT2D eigenvalue weighted by Crippen LogP contribution is -2.34. The van der Waals surface area contributed by atoms with Crippen molar-refractivity contribution in [2.45, 2.75) is 46.7 Å². The van der Waals surface area contributed by atoms with Crippen molar-refractivity contribution in [2.75, 3.05) is 0 Å². The number of ether oxygens (including phenoxy) is 1. The number of benzene rings is 1. The van der Waals surface area contributed by atoms with Crippen LogP contribution < -0.4 is 10.1 Å². The summed E-state index contributed by atoms with van der Waals surface area (Å²) >= 11 is 0. The molecule has 1 heterocycles. The van der Waals surface area contributed by atoms with Crippen LogP contribution in [0.5, 0.6) is 11.5 Å². The molecule has 1 N–H and O–H groups in total. The van der Waals surface area contributed by atoms with Gasteiger partial charge in [-0.25, -0.2) is 0 Å². The van der Waals surface area contributed by atoms with Crippen LogP contribution in [0.4, 0.5) is 0 Å². The zero-order valence-corrected chi connectivity index (χ0v) is 13.8. The molecule has 1 aromatic heterocycles. The van der Waals surface area contributed by atoms with Gasteiger partial charge in [-0.15, -0.1) is 0 Å². The van der Waals surface area contributed by atoms with E-state index < -0.39 is 0 Å². The van der Waals surface area contributed by atoms with Gasteiger partial charge >= 0.3 is 0 Å². The minimum atomic E-state index is 0.124. The van der Waals surface area contributed by atoms with Crippen LogP contribution in [0.2, 0.25) is 0 Å². The molecule has 4 nitrogen and oxygen atoms in total. The van der Waals surface area contributed by atoms with E-state index in [1.165, 1.54) is 5.56 Å². The fourth-order valence-corrected chi connectivity index (χ4v) is 2.06. The zero-order valence-electron chi connectivity index (χ0n) is 13.8. The summed E-state index contributed by atoms with van der Waals surface area (Å²) in [6.45, 7) is 11.3. The molecule has 0 amide bonds. The molecule has 0 unspecified atom stereocenters. The average molecular weight is 287 g/mol. The van der Waals surface area contributed by atoms with E-state index in [9.17, 15) is 0 Å². The first-order chi connectivity index (χ1) is 9.76. The monoisotopic (exact) mass is 287 g/mol. The summed E-state index contributed by atoms with van der Waals surface area (Å²) in [5.41, 5.74) is 3.32. The summed E-state index contributed by atoms with van der Waals surface area (Å²) in [5.74, 6) is 1.69. The molecule has 114 valence electrons. The maximum Gasteiger partial charge on any atom is 0.171 e. The Balaban J connectivity index is 2.06. The van der Waals surface area contributed by atoms with Crippen LogP contribution >= 0.6 is 0 Å². The van der Waals surface area contributed by atoms with Gasteiger partial charge in [0.25, 0.3) is 0 Å². The highest BCUT2D eigenvalue weighted by Crippen LogP contribution is 2.28. The molecule has 21 heavy (non-hydrogen) atoms. The second-order valence-corrected chi connectivity index (χ2v) is 6.47. The first-order valence-corrected chi connectivity index (χ1v) is 7.28. The van der Waals surface area contributed by atoms with E-state index in [1.54, 1.807) is 0 Å². The Morgan fingerprint density at radius 2 is 1.76 bits per heavy atom. The van der Waals surface area contributed by atoms with Crippen LogP contribution in [0.25, 0.3) is 0 Å². The number of rotatable bonds is 4. The van der Waals surface area contributed by atoms with Crippen LogP contribution in [-0.2, 0) is 13.6 Å². The Bertz CT molecular complexity index is 606. The molecule has 0 saturated carbocycles. The fourth-order valence-electron chi connectivity index (χ4n) is 2.06. The second-order valence-electron chi connectivity index (χ2n) is 6.47. The highest BCUT2D eigenvalue weighted by molar-refractivity contribution is 5.38. The van der Waals surface area contributed by atoms with Crippen LogP contribution in [0.3, 0.4) is 0 Å². The van der Waals surface area contributed by atoms with E-state index in [0.29, 0.717) is 0 Å². The molecule has 0 spiro atoms. The summed E-state index contributed by atoms with van der Waals surface area (Å²) in [6, 6.07) is 8.20. The predicted molar refractivity (Wildman–Crippen MR) is 85.8 cm³/mol. The topological polar surface area (TPSA) is 39.1 Å². The maximum atomic E-state index is 5.96. The third-order valence-corrected chi connectivity index (χ3v) is 3.41. The maximum absolute atomic E-state index is 5.96. The lowest BCUT2D eigenvalue weighted by molar-refractivity contribution is 0.424. The van der Waals surface area contributed by atoms with Gasteiger partial charge in [0, 0.05) is 19.1 Å². The average Bonchev–Trinajstić information content (AvgIpc) is 2.64. The fraction of sp³-hybridized carbons (Fsp3) is 0.471. The van der Waals surface area contributed by atoms with Gasteiger partial charge in [-0.3, -0.25) is 4.68 Å². The molecular weight excluding hydrogens is 262 g/mol. The van der Waals surface area contributed by atoms with Gasteiger partial charge < -0.3 is 10.1 Å². The molecule has 0 bridgehead atoms. The predicted octanol–water partition coefficient (Wildman–Crippen LogP) is 3.72. The quantitative estimate of drug-likeness (QED) is 0.931. The first kappa shape index (κ1) is 15.6. The molecule has 0 aliphatic carbocycles. The van der Waals surface area contributed by atoms with Gasteiger partial charge in [-0.05, 0) is 52.3 Å². The Kier molecular flexibility index (Phi) is 4.37. The number of aromatic nitrogens is 2. The largest absolute Gasteiger partial charge is 0.453 e. The van der Waals surface area contributed by atoms with Crippen molar-refractivity contribution in [3.8, 4) is 11.5 Å². The van der Waals surface area contributed by atoms with E-state index in [2.05, 4.69) is 43.3 Å². The van der Waals surface area contributed by atoms with Crippen molar-refractivity contribution in [1.29, 1.82) is 0 Å². The number of nitrogens with one attached hydrogen (secondary N) is 1. The van der Waals surface area contributed by atoms with Gasteiger partial charge in [-0.2, -0.15) is 5.10 Å². The first-order valence-electron chi connectivity index (χ1n) is 7.28. The molecule has 2 rings (SSSR count). The number of nitrogens with zero attached hydrogens (tertiary/aromatic N) is 2. The molecule has 2 aromatic rings. The van der Waals surface area contributed by atoms with E-state index in [4.69, 9.17) is 4.74 Å². The van der Waals surface area contributed by atoms with Gasteiger partial charge in [0.1, 0.15) is 11.4 Å². The normalized spacial score (nSPS) is 11.7. The Morgan fingerprint density at radius 1 is 1.14 bits per heavy atom. The van der Waals surface area contributed by atoms with E-state index in [-0.39, 0.29) is 5.54 Å². The summed E-state index contributed by atoms with van der Waals surface area (Å²) in [6.07, 6.45) is 0. The standard InChI is InChI=1S/C17H25N3O/c1-12-16(13(2)20(6)19-12)21-15-9-7-14(8-10-15)11-18-17(3,4)5/h7-10,18H,11H2,1-6H3. The summed E-state index contributed by atoms with van der Waals surface area (Å²) in [4.78, 5) is 0. The molecule has 0 aliphatic heterocycles. The summed E-state index contributed by atoms with van der Waals surface area (Å²) < 4.78 is 7.80. The van der Waals surface area contributed by atoms with Crippen LogP contribution in [0.15, 0.2) is 24.3 Å². The Morgan fingerprint density at radius 3 is 2.24 bits per heavy atom. The number of hydrogen-bond donors (Lipinski definition) is 1. The van der Waals surface area contributed by atoms with Crippen LogP contribution in [0, 0.1) is 13.8 Å². The van der Waals surface area contributed by atoms with Crippen molar-refractivity contribution < 1.29 is 4.74 Å². The van der Waals surface area contributed by atoms with Crippen molar-refractivity contribution in [3.05, 3.63) is 41.2 Å². The summed E-state index contributed by atoms with van der Waals surface area (Å²) in [7, 11) is 1.93. The molecule has 0 fully saturated rings. The third kappa shape index (κ3) is 4.08. The zero-order chi connectivity index (χ0) is 15.6. The molecule has 0 radical (unpaired) electrons. The molecule has 0 aliphatic rings. The van der Waals surface area contributed by atoms with Crippen molar-refractivity contribution in [3.63, 3.8) is 0 Å². The van der Waals surface area contributed by atoms with Crippen molar-refractivity contribution >= 4 is 0 Å². The molecular formula is C17H25N3O. The molecule has 1 aromatic carbocycles. The third-order valence-electron chi connectivity index (χ3n) is 3.41. The summed E-state index contributed by atoms with van der Waals surface area (Å²) in [5, 5.41) is 7.84. The van der Waals surface area contributed by atoms with E-state index >= 15 is 0 Å². The lowest BCUT2D eigenvalue weighted by atomic mass is 10.1. The minimum absolute atomic E-state index is 0.124. The minimum Gasteiger partial charge on any atom is -0.453 e. The van der Waals surface area contributed by atoms with E-state index in [1.807, 2.05) is 37.7 Å². The SMILES string of the molecule is Cc1nn(C)c(C)c1Oc1ccc(CNC(C)(C)C)cc1. The second kappa shape index (κ2) is 5.90.